The average molecular weight is 573 g/mol. The van der Waals surface area contributed by atoms with Gasteiger partial charge in [0.1, 0.15) is 0 Å². The van der Waals surface area contributed by atoms with E-state index in [4.69, 9.17) is 11.3 Å². The number of benzene rings is 1. The van der Waals surface area contributed by atoms with Crippen molar-refractivity contribution in [1.82, 2.24) is 0 Å². The molecule has 0 saturated heterocycles. The quantitative estimate of drug-likeness (QED) is 0.168. The molecule has 4 rings (SSSR count). The third-order valence-electron chi connectivity index (χ3n) is 11.1. The Morgan fingerprint density at radius 3 is 2.33 bits per heavy atom. The SMILES string of the molecule is C=C1C2=C(C)[C@@]3(C)C(=O)C(C(C)=O)=C(C)C[C@@]3(C)C[C@@]2(C)Cc2c(C(C)C)cc(CCC(=O)OCCCCC)c(C)c21. The molecule has 0 unspecified atom stereocenters. The van der Waals surface area contributed by atoms with Gasteiger partial charge in [0, 0.05) is 6.42 Å². The van der Waals surface area contributed by atoms with Crippen molar-refractivity contribution in [2.45, 2.75) is 127 Å². The molecule has 3 aliphatic rings. The van der Waals surface area contributed by atoms with Crippen LogP contribution >= 0.6 is 0 Å². The number of esters is 1. The minimum Gasteiger partial charge on any atom is -0.466 e. The molecule has 0 amide bonds. The molecule has 0 aromatic heterocycles. The summed E-state index contributed by atoms with van der Waals surface area (Å²) < 4.78 is 5.51. The summed E-state index contributed by atoms with van der Waals surface area (Å²) >= 11 is 0. The van der Waals surface area contributed by atoms with Crippen molar-refractivity contribution in [2.75, 3.05) is 6.61 Å². The molecule has 4 nitrogen and oxygen atoms in total. The Morgan fingerprint density at radius 2 is 1.74 bits per heavy atom. The second-order valence-electron chi connectivity index (χ2n) is 14.5. The largest absolute Gasteiger partial charge is 0.466 e. The zero-order chi connectivity index (χ0) is 31.4. The van der Waals surface area contributed by atoms with Gasteiger partial charge in [-0.05, 0) is 122 Å². The zero-order valence-electron chi connectivity index (χ0n) is 27.9. The number of Topliss-reactive ketones (excluding diaryl/α,β-unsaturated/α-hetero) is 2. The van der Waals surface area contributed by atoms with E-state index in [-0.39, 0.29) is 28.4 Å². The van der Waals surface area contributed by atoms with E-state index in [2.05, 4.69) is 61.5 Å². The number of unbranched alkanes of at least 4 members (excludes halogenated alkanes) is 2. The molecule has 1 aromatic rings. The number of fused-ring (bicyclic) bond motifs is 3. The minimum absolute atomic E-state index is 0.0299. The van der Waals surface area contributed by atoms with Gasteiger partial charge in [-0.1, -0.05) is 71.3 Å². The number of aryl methyl sites for hydroxylation is 1. The summed E-state index contributed by atoms with van der Waals surface area (Å²) in [7, 11) is 0. The van der Waals surface area contributed by atoms with E-state index < -0.39 is 5.41 Å². The van der Waals surface area contributed by atoms with Crippen molar-refractivity contribution in [1.29, 1.82) is 0 Å². The van der Waals surface area contributed by atoms with Gasteiger partial charge < -0.3 is 4.74 Å². The number of allylic oxidation sites excluding steroid dienone is 5. The molecule has 0 spiro atoms. The van der Waals surface area contributed by atoms with E-state index in [1.165, 1.54) is 40.3 Å². The molecule has 228 valence electrons. The van der Waals surface area contributed by atoms with Gasteiger partial charge in [-0.15, -0.1) is 0 Å². The number of ketones is 2. The van der Waals surface area contributed by atoms with Crippen LogP contribution in [0.3, 0.4) is 0 Å². The molecule has 1 aromatic carbocycles. The normalized spacial score (nSPS) is 27.2. The van der Waals surface area contributed by atoms with Crippen LogP contribution in [-0.2, 0) is 32.0 Å². The Morgan fingerprint density at radius 1 is 1.07 bits per heavy atom. The highest BCUT2D eigenvalue weighted by atomic mass is 16.5. The average Bonchev–Trinajstić information content (AvgIpc) is 2.87. The topological polar surface area (TPSA) is 60.4 Å². The van der Waals surface area contributed by atoms with E-state index in [1.54, 1.807) is 0 Å². The van der Waals surface area contributed by atoms with Gasteiger partial charge in [-0.2, -0.15) is 0 Å². The minimum atomic E-state index is -0.767. The fourth-order valence-corrected chi connectivity index (χ4v) is 8.93. The molecule has 3 atom stereocenters. The Bertz CT molecular complexity index is 1420. The highest BCUT2D eigenvalue weighted by Gasteiger charge is 2.62. The number of hydrogen-bond donors (Lipinski definition) is 0. The summed E-state index contributed by atoms with van der Waals surface area (Å²) in [6, 6.07) is 2.33. The van der Waals surface area contributed by atoms with E-state index in [0.29, 0.717) is 30.9 Å². The van der Waals surface area contributed by atoms with E-state index in [9.17, 15) is 14.4 Å². The molecule has 3 aliphatic carbocycles. The van der Waals surface area contributed by atoms with Crippen molar-refractivity contribution >= 4 is 23.1 Å². The Hall–Kier alpha value is -2.75. The predicted octanol–water partition coefficient (Wildman–Crippen LogP) is 8.97. The fourth-order valence-electron chi connectivity index (χ4n) is 8.93. The molecule has 0 aliphatic heterocycles. The summed E-state index contributed by atoms with van der Waals surface area (Å²) in [5.74, 6) is 0.0219. The highest BCUT2D eigenvalue weighted by molar-refractivity contribution is 6.23. The second-order valence-corrected chi connectivity index (χ2v) is 14.5. The van der Waals surface area contributed by atoms with Gasteiger partial charge in [0.2, 0.25) is 0 Å². The lowest BCUT2D eigenvalue weighted by molar-refractivity contribution is -0.143. The first-order valence-electron chi connectivity index (χ1n) is 16.0. The maximum Gasteiger partial charge on any atom is 0.306 e. The predicted molar refractivity (Wildman–Crippen MR) is 171 cm³/mol. The van der Waals surface area contributed by atoms with Gasteiger partial charge in [0.05, 0.1) is 17.6 Å². The summed E-state index contributed by atoms with van der Waals surface area (Å²) in [6.07, 6.45) is 6.57. The first-order valence-corrected chi connectivity index (χ1v) is 16.0. The van der Waals surface area contributed by atoms with Gasteiger partial charge in [-0.25, -0.2) is 0 Å². The second kappa shape index (κ2) is 11.4. The third-order valence-corrected chi connectivity index (χ3v) is 11.1. The molecular formula is C38H52O4. The van der Waals surface area contributed by atoms with Crippen LogP contribution in [0.1, 0.15) is 135 Å². The smallest absolute Gasteiger partial charge is 0.306 e. The van der Waals surface area contributed by atoms with Gasteiger partial charge in [0.25, 0.3) is 0 Å². The number of hydrogen-bond acceptors (Lipinski definition) is 4. The number of carbonyl (C=O) groups is 3. The van der Waals surface area contributed by atoms with Gasteiger partial charge >= 0.3 is 5.97 Å². The van der Waals surface area contributed by atoms with Crippen molar-refractivity contribution in [3.05, 3.63) is 62.8 Å². The molecule has 0 saturated carbocycles. The van der Waals surface area contributed by atoms with Crippen LogP contribution in [0.2, 0.25) is 0 Å². The Balaban J connectivity index is 1.81. The third kappa shape index (κ3) is 4.97. The monoisotopic (exact) mass is 572 g/mol. The molecule has 0 N–H and O–H groups in total. The Kier molecular flexibility index (Phi) is 8.73. The lowest BCUT2D eigenvalue weighted by atomic mass is 9.42. The molecule has 4 heteroatoms. The van der Waals surface area contributed by atoms with Crippen LogP contribution in [0.5, 0.6) is 0 Å². The van der Waals surface area contributed by atoms with Crippen LogP contribution in [0.4, 0.5) is 0 Å². The lowest BCUT2D eigenvalue weighted by Crippen LogP contribution is -2.56. The Labute approximate surface area is 254 Å². The van der Waals surface area contributed by atoms with Gasteiger partial charge in [0.15, 0.2) is 11.6 Å². The number of ether oxygens (including phenoxy) is 1. The first kappa shape index (κ1) is 32.2. The summed E-state index contributed by atoms with van der Waals surface area (Å²) in [6.45, 7) is 26.3. The molecule has 0 bridgehead atoms. The van der Waals surface area contributed by atoms with Crippen molar-refractivity contribution in [3.63, 3.8) is 0 Å². The van der Waals surface area contributed by atoms with Crippen LogP contribution < -0.4 is 0 Å². The lowest BCUT2D eigenvalue weighted by Gasteiger charge is -2.60. The van der Waals surface area contributed by atoms with Crippen LogP contribution in [0, 0.1) is 23.2 Å². The maximum absolute atomic E-state index is 14.2. The highest BCUT2D eigenvalue weighted by Crippen LogP contribution is 2.68. The van der Waals surface area contributed by atoms with Crippen molar-refractivity contribution < 1.29 is 19.1 Å². The molecule has 0 heterocycles. The maximum atomic E-state index is 14.2. The number of rotatable bonds is 9. The number of carbonyl (C=O) groups excluding carboxylic acids is 3. The van der Waals surface area contributed by atoms with E-state index in [0.717, 1.165) is 55.2 Å². The van der Waals surface area contributed by atoms with Gasteiger partial charge in [-0.3, -0.25) is 14.4 Å². The molecule has 0 fully saturated rings. The summed E-state index contributed by atoms with van der Waals surface area (Å²) in [4.78, 5) is 39.4. The molecular weight excluding hydrogens is 520 g/mol. The van der Waals surface area contributed by atoms with Crippen molar-refractivity contribution in [2.24, 2.45) is 16.2 Å². The summed E-state index contributed by atoms with van der Waals surface area (Å²) in [5, 5.41) is 0. The van der Waals surface area contributed by atoms with E-state index >= 15 is 0 Å². The fraction of sp³-hybridized carbons (Fsp3) is 0.605. The van der Waals surface area contributed by atoms with Crippen LogP contribution in [0.25, 0.3) is 5.57 Å². The molecule has 0 radical (unpaired) electrons. The zero-order valence-corrected chi connectivity index (χ0v) is 27.9. The first-order chi connectivity index (χ1) is 19.5. The summed E-state index contributed by atoms with van der Waals surface area (Å²) in [5.41, 5.74) is 9.58. The molecule has 42 heavy (non-hydrogen) atoms. The standard InChI is InChI=1S/C38H52O4/c1-12-13-14-17-42-31(40)16-15-28-18-29(22(2)3)30-20-36(9)21-37(10)19-23(4)32(27(8)39)35(41)38(37,11)26(7)34(36)25(6)33(30)24(28)5/h18,22H,6,12-17,19-21H2,1-5,7-11H3/t36-,37+,38+/m1/s1. The van der Waals surface area contributed by atoms with Crippen LogP contribution in [0.15, 0.2) is 34.9 Å². The van der Waals surface area contributed by atoms with Crippen molar-refractivity contribution in [3.8, 4) is 0 Å². The van der Waals surface area contributed by atoms with Crippen LogP contribution in [-0.4, -0.2) is 24.1 Å². The van der Waals surface area contributed by atoms with E-state index in [1.807, 2.05) is 6.92 Å².